The van der Waals surface area contributed by atoms with Gasteiger partial charge in [0.2, 0.25) is 17.6 Å². The molecule has 33 heavy (non-hydrogen) atoms. The summed E-state index contributed by atoms with van der Waals surface area (Å²) < 4.78 is 49.1. The maximum atomic E-state index is 12.9. The van der Waals surface area contributed by atoms with Gasteiger partial charge >= 0.3 is 6.18 Å². The molecule has 1 saturated heterocycles. The van der Waals surface area contributed by atoms with Crippen LogP contribution in [0.4, 0.5) is 18.9 Å². The number of benzene rings is 2. The summed E-state index contributed by atoms with van der Waals surface area (Å²) in [4.78, 5) is 20.8. The minimum absolute atomic E-state index is 0.0248. The third-order valence-corrected chi connectivity index (χ3v) is 5.54. The number of amides is 1. The van der Waals surface area contributed by atoms with E-state index in [1.807, 2.05) is 24.3 Å². The van der Waals surface area contributed by atoms with Crippen LogP contribution < -0.4 is 9.64 Å². The van der Waals surface area contributed by atoms with Crippen molar-refractivity contribution in [1.29, 1.82) is 0 Å². The van der Waals surface area contributed by atoms with Crippen molar-refractivity contribution >= 4 is 11.6 Å². The first-order chi connectivity index (χ1) is 15.8. The van der Waals surface area contributed by atoms with E-state index in [0.29, 0.717) is 13.1 Å². The minimum Gasteiger partial charge on any atom is -0.497 e. The van der Waals surface area contributed by atoms with E-state index in [-0.39, 0.29) is 36.0 Å². The van der Waals surface area contributed by atoms with E-state index in [2.05, 4.69) is 15.0 Å². The molecule has 0 aliphatic carbocycles. The van der Waals surface area contributed by atoms with Crippen molar-refractivity contribution in [2.45, 2.75) is 19.0 Å². The van der Waals surface area contributed by atoms with Gasteiger partial charge in [-0.25, -0.2) is 0 Å². The molecule has 0 spiro atoms. The van der Waals surface area contributed by atoms with Crippen LogP contribution in [0.1, 0.15) is 17.9 Å². The zero-order valence-corrected chi connectivity index (χ0v) is 18.0. The fourth-order valence-corrected chi connectivity index (χ4v) is 3.69. The lowest BCUT2D eigenvalue weighted by atomic mass is 10.1. The number of hydrogen-bond donors (Lipinski definition) is 0. The monoisotopic (exact) mass is 460 g/mol. The molecule has 3 aromatic rings. The van der Waals surface area contributed by atoms with Crippen molar-refractivity contribution < 1.29 is 27.2 Å². The Labute approximate surface area is 188 Å². The molecule has 0 atom stereocenters. The topological polar surface area (TPSA) is 71.7 Å². The fourth-order valence-electron chi connectivity index (χ4n) is 3.69. The Kier molecular flexibility index (Phi) is 6.52. The van der Waals surface area contributed by atoms with Crippen molar-refractivity contribution in [2.75, 3.05) is 38.2 Å². The third-order valence-electron chi connectivity index (χ3n) is 5.54. The Morgan fingerprint density at radius 2 is 1.82 bits per heavy atom. The van der Waals surface area contributed by atoms with Gasteiger partial charge in [-0.3, -0.25) is 4.79 Å². The van der Waals surface area contributed by atoms with Gasteiger partial charge in [-0.1, -0.05) is 17.3 Å². The highest BCUT2D eigenvalue weighted by Crippen LogP contribution is 2.31. The lowest BCUT2D eigenvalue weighted by Crippen LogP contribution is -2.48. The molecule has 1 amide bonds. The molecule has 10 heteroatoms. The normalized spacial score (nSPS) is 14.4. The van der Waals surface area contributed by atoms with E-state index in [0.717, 1.165) is 36.7 Å². The van der Waals surface area contributed by atoms with Crippen LogP contribution in [-0.2, 0) is 17.4 Å². The number of alkyl halides is 3. The van der Waals surface area contributed by atoms with Crippen LogP contribution in [0.25, 0.3) is 11.4 Å². The van der Waals surface area contributed by atoms with Crippen LogP contribution in [0.2, 0.25) is 0 Å². The van der Waals surface area contributed by atoms with Gasteiger partial charge in [-0.2, -0.15) is 18.2 Å². The van der Waals surface area contributed by atoms with E-state index >= 15 is 0 Å². The Morgan fingerprint density at radius 3 is 2.48 bits per heavy atom. The second-order valence-corrected chi connectivity index (χ2v) is 7.66. The summed E-state index contributed by atoms with van der Waals surface area (Å²) in [6.07, 6.45) is -4.04. The first-order valence-corrected chi connectivity index (χ1v) is 10.5. The molecule has 0 radical (unpaired) electrons. The smallest absolute Gasteiger partial charge is 0.416 e. The van der Waals surface area contributed by atoms with Crippen molar-refractivity contribution in [3.8, 4) is 17.1 Å². The zero-order chi connectivity index (χ0) is 23.4. The van der Waals surface area contributed by atoms with Crippen molar-refractivity contribution in [2.24, 2.45) is 0 Å². The Bertz CT molecular complexity index is 1090. The molecular weight excluding hydrogens is 437 g/mol. The van der Waals surface area contributed by atoms with Gasteiger partial charge in [-0.05, 0) is 36.4 Å². The number of halogens is 3. The molecule has 1 aliphatic heterocycles. The average molecular weight is 460 g/mol. The molecule has 1 aliphatic rings. The summed E-state index contributed by atoms with van der Waals surface area (Å²) in [5, 5.41) is 3.76. The maximum absolute atomic E-state index is 12.9. The summed E-state index contributed by atoms with van der Waals surface area (Å²) in [6, 6.07) is 12.5. The van der Waals surface area contributed by atoms with E-state index in [4.69, 9.17) is 9.26 Å². The predicted molar refractivity (Wildman–Crippen MR) is 115 cm³/mol. The van der Waals surface area contributed by atoms with Gasteiger partial charge in [0.1, 0.15) is 5.75 Å². The summed E-state index contributed by atoms with van der Waals surface area (Å²) in [5.41, 5.74) is 0.506. The first kappa shape index (κ1) is 22.6. The lowest BCUT2D eigenvalue weighted by molar-refractivity contribution is -0.137. The van der Waals surface area contributed by atoms with Crippen LogP contribution in [0.15, 0.2) is 53.1 Å². The summed E-state index contributed by atoms with van der Waals surface area (Å²) in [5.74, 6) is 1.05. The van der Waals surface area contributed by atoms with E-state index in [1.165, 1.54) is 12.1 Å². The fraction of sp³-hybridized carbons (Fsp3) is 0.348. The second kappa shape index (κ2) is 9.51. The molecule has 0 bridgehead atoms. The number of anilines is 1. The van der Waals surface area contributed by atoms with Crippen LogP contribution in [-0.4, -0.2) is 54.2 Å². The Balaban J connectivity index is 1.29. The number of hydrogen-bond acceptors (Lipinski definition) is 6. The summed E-state index contributed by atoms with van der Waals surface area (Å²) >= 11 is 0. The van der Waals surface area contributed by atoms with Gasteiger partial charge in [0, 0.05) is 50.3 Å². The van der Waals surface area contributed by atoms with Crippen LogP contribution in [0.5, 0.6) is 5.75 Å². The van der Waals surface area contributed by atoms with Crippen molar-refractivity contribution in [3.05, 3.63) is 60.0 Å². The van der Waals surface area contributed by atoms with Crippen molar-refractivity contribution in [3.63, 3.8) is 0 Å². The molecule has 0 N–H and O–H groups in total. The quantitative estimate of drug-likeness (QED) is 0.553. The van der Waals surface area contributed by atoms with E-state index < -0.39 is 11.7 Å². The molecule has 1 fully saturated rings. The zero-order valence-electron chi connectivity index (χ0n) is 18.0. The Morgan fingerprint density at radius 1 is 1.09 bits per heavy atom. The molecule has 2 aromatic carbocycles. The van der Waals surface area contributed by atoms with Gasteiger partial charge in [0.25, 0.3) is 0 Å². The van der Waals surface area contributed by atoms with Crippen LogP contribution in [0, 0.1) is 0 Å². The summed E-state index contributed by atoms with van der Waals surface area (Å²) in [6.45, 7) is 2.64. The van der Waals surface area contributed by atoms with Crippen LogP contribution >= 0.6 is 0 Å². The number of aromatic nitrogens is 2. The van der Waals surface area contributed by atoms with Gasteiger partial charge in [0.15, 0.2) is 0 Å². The number of piperazine rings is 1. The van der Waals surface area contributed by atoms with Crippen LogP contribution in [0.3, 0.4) is 0 Å². The highest BCUT2D eigenvalue weighted by molar-refractivity contribution is 5.76. The first-order valence-electron chi connectivity index (χ1n) is 10.5. The van der Waals surface area contributed by atoms with E-state index in [1.54, 1.807) is 12.0 Å². The highest BCUT2D eigenvalue weighted by Gasteiger charge is 2.31. The molecule has 0 saturated carbocycles. The number of rotatable bonds is 6. The van der Waals surface area contributed by atoms with Gasteiger partial charge in [-0.15, -0.1) is 0 Å². The van der Waals surface area contributed by atoms with Gasteiger partial charge < -0.3 is 19.1 Å². The highest BCUT2D eigenvalue weighted by atomic mass is 19.4. The maximum Gasteiger partial charge on any atom is 0.416 e. The third kappa shape index (κ3) is 5.44. The number of carbonyl (C=O) groups excluding carboxylic acids is 1. The lowest BCUT2D eigenvalue weighted by Gasteiger charge is -2.36. The predicted octanol–water partition coefficient (Wildman–Crippen LogP) is 4.05. The van der Waals surface area contributed by atoms with E-state index in [9.17, 15) is 18.0 Å². The number of aryl methyl sites for hydroxylation is 1. The number of methoxy groups -OCH3 is 1. The van der Waals surface area contributed by atoms with Gasteiger partial charge in [0.05, 0.1) is 12.7 Å². The molecule has 174 valence electrons. The Hall–Kier alpha value is -3.56. The average Bonchev–Trinajstić information content (AvgIpc) is 3.31. The molecule has 2 heterocycles. The SMILES string of the molecule is COc1ccc(N2CCN(C(=O)CCc3nc(-c4cccc(C(F)(F)F)c4)no3)CC2)cc1. The largest absolute Gasteiger partial charge is 0.497 e. The number of ether oxygens (including phenoxy) is 1. The van der Waals surface area contributed by atoms with Crippen molar-refractivity contribution in [1.82, 2.24) is 15.0 Å². The molecule has 1 aromatic heterocycles. The molecule has 0 unspecified atom stereocenters. The second-order valence-electron chi connectivity index (χ2n) is 7.66. The summed E-state index contributed by atoms with van der Waals surface area (Å²) in [7, 11) is 1.62. The standard InChI is InChI=1S/C23H23F3N4O3/c1-32-19-7-5-18(6-8-19)29-11-13-30(14-12-29)21(31)10-9-20-27-22(28-33-20)16-3-2-4-17(15-16)23(24,25)26/h2-8,15H,9-14H2,1H3. The molecule has 4 rings (SSSR count). The molecular formula is C23H23F3N4O3. The minimum atomic E-state index is -4.45. The number of carbonyl (C=O) groups is 1. The molecule has 7 nitrogen and oxygen atoms in total. The number of nitrogens with zero attached hydrogens (tertiary/aromatic N) is 4.